The second-order valence-corrected chi connectivity index (χ2v) is 4.46. The molecule has 1 aliphatic rings. The number of aromatic nitrogens is 2. The lowest BCUT2D eigenvalue weighted by atomic mass is 10.1. The Labute approximate surface area is 104 Å². The molecule has 0 aromatic carbocycles. The van der Waals surface area contributed by atoms with Crippen LogP contribution >= 0.6 is 0 Å². The van der Waals surface area contributed by atoms with Crippen molar-refractivity contribution < 1.29 is 4.92 Å². The first-order valence-electron chi connectivity index (χ1n) is 5.78. The molecule has 1 fully saturated rings. The first-order valence-corrected chi connectivity index (χ1v) is 5.78. The van der Waals surface area contributed by atoms with Gasteiger partial charge in [-0.15, -0.1) is 0 Å². The maximum atomic E-state index is 10.9. The molecular formula is C10H16N6O2. The summed E-state index contributed by atoms with van der Waals surface area (Å²) in [7, 11) is 2.02. The summed E-state index contributed by atoms with van der Waals surface area (Å²) in [6, 6.07) is 0.150. The Morgan fingerprint density at radius 1 is 1.61 bits per heavy atom. The number of likely N-dealkylation sites (tertiary alicyclic amines) is 1. The fourth-order valence-corrected chi connectivity index (χ4v) is 2.16. The summed E-state index contributed by atoms with van der Waals surface area (Å²) in [6.45, 7) is 1.88. The SMILES string of the molecule is CN1CCCC(Nc2ncnc(N)c2[N+](=O)[O-])C1. The largest absolute Gasteiger partial charge is 0.378 e. The summed E-state index contributed by atoms with van der Waals surface area (Å²) < 4.78 is 0. The molecule has 1 atom stereocenters. The van der Waals surface area contributed by atoms with Crippen molar-refractivity contribution in [1.29, 1.82) is 0 Å². The van der Waals surface area contributed by atoms with Gasteiger partial charge in [0.05, 0.1) is 4.92 Å². The molecule has 1 aliphatic heterocycles. The van der Waals surface area contributed by atoms with Crippen LogP contribution in [0.1, 0.15) is 12.8 Å². The Morgan fingerprint density at radius 2 is 2.39 bits per heavy atom. The maximum Gasteiger partial charge on any atom is 0.352 e. The first kappa shape index (κ1) is 12.5. The fraction of sp³-hybridized carbons (Fsp3) is 0.600. The number of nitrogens with one attached hydrogen (secondary N) is 1. The van der Waals surface area contributed by atoms with Gasteiger partial charge in [-0.05, 0) is 26.4 Å². The summed E-state index contributed by atoms with van der Waals surface area (Å²) >= 11 is 0. The molecule has 3 N–H and O–H groups in total. The molecule has 1 aromatic heterocycles. The summed E-state index contributed by atoms with van der Waals surface area (Å²) in [5.41, 5.74) is 5.27. The standard InChI is InChI=1S/C10H16N6O2/c1-15-4-2-3-7(5-15)14-10-8(16(17)18)9(11)12-6-13-10/h6-7H,2-5H2,1H3,(H3,11,12,13,14). The number of hydrogen-bond donors (Lipinski definition) is 2. The second-order valence-electron chi connectivity index (χ2n) is 4.46. The number of nitrogens with two attached hydrogens (primary N) is 1. The van der Waals surface area contributed by atoms with Gasteiger partial charge in [0.1, 0.15) is 6.33 Å². The van der Waals surface area contributed by atoms with E-state index in [1.807, 2.05) is 7.05 Å². The Morgan fingerprint density at radius 3 is 3.06 bits per heavy atom. The van der Waals surface area contributed by atoms with Crippen LogP contribution in [-0.4, -0.2) is 46.0 Å². The Bertz CT molecular complexity index is 452. The zero-order chi connectivity index (χ0) is 13.1. The molecule has 18 heavy (non-hydrogen) atoms. The predicted octanol–water partition coefficient (Wildman–Crippen LogP) is 0.473. The Balaban J connectivity index is 2.18. The highest BCUT2D eigenvalue weighted by Crippen LogP contribution is 2.27. The quantitative estimate of drug-likeness (QED) is 0.594. The average molecular weight is 252 g/mol. The number of hydrogen-bond acceptors (Lipinski definition) is 7. The highest BCUT2D eigenvalue weighted by atomic mass is 16.6. The van der Waals surface area contributed by atoms with Crippen molar-refractivity contribution in [2.45, 2.75) is 18.9 Å². The van der Waals surface area contributed by atoms with Crippen molar-refractivity contribution in [3.8, 4) is 0 Å². The number of piperidine rings is 1. The van der Waals surface area contributed by atoms with Crippen LogP contribution in [0.4, 0.5) is 17.3 Å². The van der Waals surface area contributed by atoms with Gasteiger partial charge in [-0.1, -0.05) is 0 Å². The van der Waals surface area contributed by atoms with Gasteiger partial charge in [-0.3, -0.25) is 10.1 Å². The van der Waals surface area contributed by atoms with E-state index >= 15 is 0 Å². The van der Waals surface area contributed by atoms with Crippen LogP contribution in [0.5, 0.6) is 0 Å². The zero-order valence-corrected chi connectivity index (χ0v) is 10.2. The van der Waals surface area contributed by atoms with Crippen molar-refractivity contribution in [3.05, 3.63) is 16.4 Å². The predicted molar refractivity (Wildman–Crippen MR) is 67.2 cm³/mol. The van der Waals surface area contributed by atoms with Gasteiger partial charge in [0, 0.05) is 12.6 Å². The monoisotopic (exact) mass is 252 g/mol. The van der Waals surface area contributed by atoms with Gasteiger partial charge in [0.25, 0.3) is 0 Å². The van der Waals surface area contributed by atoms with E-state index in [2.05, 4.69) is 20.2 Å². The second kappa shape index (κ2) is 5.13. The van der Waals surface area contributed by atoms with E-state index in [1.165, 1.54) is 6.33 Å². The molecule has 0 spiro atoms. The number of nitro groups is 1. The zero-order valence-electron chi connectivity index (χ0n) is 10.2. The number of nitrogens with zero attached hydrogens (tertiary/aromatic N) is 4. The molecule has 0 bridgehead atoms. The normalized spacial score (nSPS) is 20.6. The lowest BCUT2D eigenvalue weighted by molar-refractivity contribution is -0.383. The van der Waals surface area contributed by atoms with E-state index in [1.54, 1.807) is 0 Å². The number of nitrogen functional groups attached to an aromatic ring is 1. The first-order chi connectivity index (χ1) is 8.58. The summed E-state index contributed by atoms with van der Waals surface area (Å²) in [5.74, 6) is 0.0921. The minimum Gasteiger partial charge on any atom is -0.378 e. The topological polar surface area (TPSA) is 110 Å². The third-order valence-electron chi connectivity index (χ3n) is 3.00. The van der Waals surface area contributed by atoms with Crippen molar-refractivity contribution >= 4 is 17.3 Å². The molecule has 8 nitrogen and oxygen atoms in total. The van der Waals surface area contributed by atoms with Crippen LogP contribution in [0.2, 0.25) is 0 Å². The average Bonchev–Trinajstić information content (AvgIpc) is 2.28. The minimum atomic E-state index is -0.551. The lowest BCUT2D eigenvalue weighted by Gasteiger charge is -2.30. The highest BCUT2D eigenvalue weighted by molar-refractivity contribution is 5.67. The molecule has 98 valence electrons. The van der Waals surface area contributed by atoms with Crippen LogP contribution in [0.3, 0.4) is 0 Å². The Hall–Kier alpha value is -1.96. The number of anilines is 2. The smallest absolute Gasteiger partial charge is 0.352 e. The van der Waals surface area contributed by atoms with E-state index in [-0.39, 0.29) is 23.4 Å². The molecule has 8 heteroatoms. The molecule has 1 saturated heterocycles. The van der Waals surface area contributed by atoms with E-state index in [9.17, 15) is 10.1 Å². The van der Waals surface area contributed by atoms with E-state index < -0.39 is 4.92 Å². The van der Waals surface area contributed by atoms with Gasteiger partial charge >= 0.3 is 5.69 Å². The minimum absolute atomic E-state index is 0.110. The van der Waals surface area contributed by atoms with Crippen molar-refractivity contribution in [1.82, 2.24) is 14.9 Å². The van der Waals surface area contributed by atoms with Gasteiger partial charge in [-0.25, -0.2) is 9.97 Å². The van der Waals surface area contributed by atoms with Crippen LogP contribution in [0.25, 0.3) is 0 Å². The molecule has 0 aliphatic carbocycles. The number of likely N-dealkylation sites (N-methyl/N-ethyl adjacent to an activating group) is 1. The van der Waals surface area contributed by atoms with Gasteiger partial charge in [0.2, 0.25) is 11.6 Å². The molecule has 1 unspecified atom stereocenters. The van der Waals surface area contributed by atoms with E-state index in [4.69, 9.17) is 5.73 Å². The molecular weight excluding hydrogens is 236 g/mol. The maximum absolute atomic E-state index is 10.9. The third kappa shape index (κ3) is 2.65. The Kier molecular flexibility index (Phi) is 3.56. The van der Waals surface area contributed by atoms with Crippen molar-refractivity contribution in [3.63, 3.8) is 0 Å². The van der Waals surface area contributed by atoms with Crippen LogP contribution in [0, 0.1) is 10.1 Å². The highest BCUT2D eigenvalue weighted by Gasteiger charge is 2.24. The van der Waals surface area contributed by atoms with Gasteiger partial charge in [-0.2, -0.15) is 0 Å². The summed E-state index contributed by atoms with van der Waals surface area (Å²) in [4.78, 5) is 20.1. The molecule has 0 saturated carbocycles. The van der Waals surface area contributed by atoms with Crippen LogP contribution < -0.4 is 11.1 Å². The van der Waals surface area contributed by atoms with Gasteiger partial charge < -0.3 is 16.0 Å². The van der Waals surface area contributed by atoms with E-state index in [0.717, 1.165) is 25.9 Å². The fourth-order valence-electron chi connectivity index (χ4n) is 2.16. The summed E-state index contributed by atoms with van der Waals surface area (Å²) in [5, 5.41) is 14.0. The van der Waals surface area contributed by atoms with Gasteiger partial charge in [0.15, 0.2) is 0 Å². The van der Waals surface area contributed by atoms with Crippen LogP contribution in [-0.2, 0) is 0 Å². The molecule has 0 amide bonds. The molecule has 0 radical (unpaired) electrons. The number of rotatable bonds is 3. The molecule has 2 heterocycles. The third-order valence-corrected chi connectivity index (χ3v) is 3.00. The molecule has 1 aromatic rings. The summed E-state index contributed by atoms with van der Waals surface area (Å²) in [6.07, 6.45) is 3.26. The van der Waals surface area contributed by atoms with Crippen molar-refractivity contribution in [2.24, 2.45) is 0 Å². The lowest BCUT2D eigenvalue weighted by Crippen LogP contribution is -2.40. The van der Waals surface area contributed by atoms with Crippen molar-refractivity contribution in [2.75, 3.05) is 31.2 Å². The van der Waals surface area contributed by atoms with E-state index in [0.29, 0.717) is 0 Å². The van der Waals surface area contributed by atoms with Crippen LogP contribution in [0.15, 0.2) is 6.33 Å². The molecule has 2 rings (SSSR count).